The number of morpholine rings is 1. The Kier molecular flexibility index (Phi) is 7.91. The van der Waals surface area contributed by atoms with Crippen molar-refractivity contribution in [1.29, 1.82) is 0 Å². The molecule has 1 N–H and O–H groups in total. The van der Waals surface area contributed by atoms with Gasteiger partial charge in [-0.2, -0.15) is 4.31 Å². The van der Waals surface area contributed by atoms with E-state index in [1.54, 1.807) is 42.5 Å². The molecule has 9 heteroatoms. The van der Waals surface area contributed by atoms with Gasteiger partial charge in [0.1, 0.15) is 17.3 Å². The lowest BCUT2D eigenvalue weighted by atomic mass is 10.2. The molecular weight excluding hydrogens is 471 g/mol. The van der Waals surface area contributed by atoms with Crippen LogP contribution < -0.4 is 10.1 Å². The minimum atomic E-state index is -3.55. The number of ether oxygens (including phenoxy) is 2. The molecule has 0 aromatic heterocycles. The van der Waals surface area contributed by atoms with Gasteiger partial charge in [0.05, 0.1) is 18.1 Å². The highest BCUT2D eigenvalue weighted by Gasteiger charge is 2.25. The SMILES string of the molecule is O=C(/C=C/c1ccc(S(=O)(=O)N2CCOCC2)cc1)NCc1ccc(Oc2ccc(F)cc2)cc1. The molecule has 35 heavy (non-hydrogen) atoms. The lowest BCUT2D eigenvalue weighted by molar-refractivity contribution is -0.116. The number of amides is 1. The molecule has 0 unspecified atom stereocenters. The van der Waals surface area contributed by atoms with Crippen molar-refractivity contribution in [2.45, 2.75) is 11.4 Å². The lowest BCUT2D eigenvalue weighted by Gasteiger charge is -2.26. The van der Waals surface area contributed by atoms with Gasteiger partial charge in [0.15, 0.2) is 0 Å². The minimum absolute atomic E-state index is 0.216. The van der Waals surface area contributed by atoms with Crippen LogP contribution in [0.3, 0.4) is 0 Å². The normalized spacial score (nSPS) is 14.7. The molecule has 0 radical (unpaired) electrons. The second-order valence-electron chi connectivity index (χ2n) is 7.84. The third-order valence-electron chi connectivity index (χ3n) is 5.35. The number of halogens is 1. The van der Waals surface area contributed by atoms with Gasteiger partial charge in [-0.25, -0.2) is 12.8 Å². The number of benzene rings is 3. The molecule has 4 rings (SSSR count). The molecule has 1 aliphatic heterocycles. The Bertz CT molecular complexity index is 1270. The number of hydrogen-bond acceptors (Lipinski definition) is 5. The summed E-state index contributed by atoms with van der Waals surface area (Å²) in [4.78, 5) is 12.4. The molecule has 3 aromatic rings. The molecular formula is C26H25FN2O5S. The third-order valence-corrected chi connectivity index (χ3v) is 7.27. The molecule has 1 amide bonds. The standard InChI is InChI=1S/C26H25FN2O5S/c27-22-6-10-24(11-7-22)34-23-8-1-21(2-9-23)19-28-26(30)14-5-20-3-12-25(13-4-20)35(31,32)29-15-17-33-18-16-29/h1-14H,15-19H2,(H,28,30)/b14-5+. The van der Waals surface area contributed by atoms with Crippen molar-refractivity contribution < 1.29 is 27.1 Å². The third kappa shape index (κ3) is 6.75. The zero-order valence-electron chi connectivity index (χ0n) is 18.9. The van der Waals surface area contributed by atoms with Gasteiger partial charge in [0.25, 0.3) is 0 Å². The van der Waals surface area contributed by atoms with Crippen LogP contribution in [0.15, 0.2) is 83.8 Å². The van der Waals surface area contributed by atoms with Crippen LogP contribution in [0.4, 0.5) is 4.39 Å². The van der Waals surface area contributed by atoms with Crippen molar-refractivity contribution in [3.05, 3.63) is 95.8 Å². The average molecular weight is 497 g/mol. The summed E-state index contributed by atoms with van der Waals surface area (Å²) in [6.45, 7) is 1.80. The van der Waals surface area contributed by atoms with E-state index in [1.807, 2.05) is 12.1 Å². The maximum Gasteiger partial charge on any atom is 0.244 e. The van der Waals surface area contributed by atoms with Crippen molar-refractivity contribution in [2.75, 3.05) is 26.3 Å². The smallest absolute Gasteiger partial charge is 0.244 e. The van der Waals surface area contributed by atoms with Crippen molar-refractivity contribution >= 4 is 22.0 Å². The van der Waals surface area contributed by atoms with E-state index in [0.717, 1.165) is 5.56 Å². The first-order valence-electron chi connectivity index (χ1n) is 11.1. The first kappa shape index (κ1) is 24.6. The van der Waals surface area contributed by atoms with Gasteiger partial charge in [0, 0.05) is 25.7 Å². The first-order chi connectivity index (χ1) is 16.9. The molecule has 182 valence electrons. The van der Waals surface area contributed by atoms with Gasteiger partial charge in [-0.1, -0.05) is 24.3 Å². The number of hydrogen-bond donors (Lipinski definition) is 1. The number of sulfonamides is 1. The van der Waals surface area contributed by atoms with Crippen LogP contribution in [-0.2, 0) is 26.1 Å². The van der Waals surface area contributed by atoms with E-state index in [9.17, 15) is 17.6 Å². The molecule has 3 aromatic carbocycles. The monoisotopic (exact) mass is 496 g/mol. The number of nitrogens with zero attached hydrogens (tertiary/aromatic N) is 1. The molecule has 0 bridgehead atoms. The Hall–Kier alpha value is -3.53. The van der Waals surface area contributed by atoms with E-state index in [1.165, 1.54) is 34.6 Å². The summed E-state index contributed by atoms with van der Waals surface area (Å²) in [5.74, 6) is 0.530. The Morgan fingerprint density at radius 3 is 2.17 bits per heavy atom. The fourth-order valence-electron chi connectivity index (χ4n) is 3.42. The van der Waals surface area contributed by atoms with Crippen molar-refractivity contribution in [3.8, 4) is 11.5 Å². The zero-order chi connectivity index (χ0) is 24.7. The quantitative estimate of drug-likeness (QED) is 0.477. The van der Waals surface area contributed by atoms with E-state index < -0.39 is 10.0 Å². The second-order valence-corrected chi connectivity index (χ2v) is 9.77. The molecule has 0 spiro atoms. The summed E-state index contributed by atoms with van der Waals surface area (Å²) in [6.07, 6.45) is 3.03. The Balaban J connectivity index is 1.27. The van der Waals surface area contributed by atoms with E-state index in [-0.39, 0.29) is 16.6 Å². The summed E-state index contributed by atoms with van der Waals surface area (Å²) in [5.41, 5.74) is 1.60. The molecule has 7 nitrogen and oxygen atoms in total. The lowest BCUT2D eigenvalue weighted by Crippen LogP contribution is -2.40. The van der Waals surface area contributed by atoms with Crippen LogP contribution in [0.1, 0.15) is 11.1 Å². The van der Waals surface area contributed by atoms with Gasteiger partial charge in [-0.05, 0) is 65.7 Å². The largest absolute Gasteiger partial charge is 0.457 e. The molecule has 0 atom stereocenters. The number of carbonyl (C=O) groups excluding carboxylic acids is 1. The van der Waals surface area contributed by atoms with E-state index in [4.69, 9.17) is 9.47 Å². The van der Waals surface area contributed by atoms with Gasteiger partial charge in [-0.3, -0.25) is 4.79 Å². The first-order valence-corrected chi connectivity index (χ1v) is 12.5. The van der Waals surface area contributed by atoms with E-state index in [0.29, 0.717) is 49.9 Å². The van der Waals surface area contributed by atoms with Crippen LogP contribution in [0.2, 0.25) is 0 Å². The molecule has 1 heterocycles. The Labute approximate surface area is 203 Å². The maximum absolute atomic E-state index is 13.0. The maximum atomic E-state index is 13.0. The van der Waals surface area contributed by atoms with Crippen LogP contribution in [0.5, 0.6) is 11.5 Å². The number of rotatable bonds is 8. The predicted molar refractivity (Wildman–Crippen MR) is 130 cm³/mol. The molecule has 1 aliphatic rings. The van der Waals surface area contributed by atoms with Crippen molar-refractivity contribution in [1.82, 2.24) is 9.62 Å². The summed E-state index contributed by atoms with van der Waals surface area (Å²) >= 11 is 0. The highest BCUT2D eigenvalue weighted by atomic mass is 32.2. The van der Waals surface area contributed by atoms with E-state index >= 15 is 0 Å². The molecule has 1 fully saturated rings. The van der Waals surface area contributed by atoms with Crippen molar-refractivity contribution in [3.63, 3.8) is 0 Å². The van der Waals surface area contributed by atoms with Crippen LogP contribution in [-0.4, -0.2) is 44.9 Å². The summed E-state index contributed by atoms with van der Waals surface area (Å²) in [7, 11) is -3.55. The molecule has 1 saturated heterocycles. The fourth-order valence-corrected chi connectivity index (χ4v) is 4.83. The Morgan fingerprint density at radius 2 is 1.54 bits per heavy atom. The number of nitrogens with one attached hydrogen (secondary N) is 1. The predicted octanol–water partition coefficient (Wildman–Crippen LogP) is 3.97. The van der Waals surface area contributed by atoms with Crippen LogP contribution in [0.25, 0.3) is 6.08 Å². The highest BCUT2D eigenvalue weighted by Crippen LogP contribution is 2.22. The second kappa shape index (κ2) is 11.3. The summed E-state index contributed by atoms with van der Waals surface area (Å²) < 4.78 is 50.6. The summed E-state index contributed by atoms with van der Waals surface area (Å²) in [6, 6.07) is 19.4. The highest BCUT2D eigenvalue weighted by molar-refractivity contribution is 7.89. The minimum Gasteiger partial charge on any atom is -0.457 e. The Morgan fingerprint density at radius 1 is 0.943 bits per heavy atom. The van der Waals surface area contributed by atoms with Gasteiger partial charge >= 0.3 is 0 Å². The van der Waals surface area contributed by atoms with Gasteiger partial charge < -0.3 is 14.8 Å². The average Bonchev–Trinajstić information content (AvgIpc) is 2.89. The number of carbonyl (C=O) groups is 1. The summed E-state index contributed by atoms with van der Waals surface area (Å²) in [5, 5.41) is 2.80. The van der Waals surface area contributed by atoms with Crippen LogP contribution in [0, 0.1) is 5.82 Å². The van der Waals surface area contributed by atoms with E-state index in [2.05, 4.69) is 5.32 Å². The molecule has 0 saturated carbocycles. The zero-order valence-corrected chi connectivity index (χ0v) is 19.7. The van der Waals surface area contributed by atoms with Crippen LogP contribution >= 0.6 is 0 Å². The topological polar surface area (TPSA) is 84.9 Å². The fraction of sp³-hybridized carbons (Fsp3) is 0.192. The van der Waals surface area contributed by atoms with Crippen molar-refractivity contribution in [2.24, 2.45) is 0 Å². The van der Waals surface area contributed by atoms with Gasteiger partial charge in [-0.15, -0.1) is 0 Å². The van der Waals surface area contributed by atoms with Gasteiger partial charge in [0.2, 0.25) is 15.9 Å². The molecule has 0 aliphatic carbocycles.